The Morgan fingerprint density at radius 1 is 1.29 bits per heavy atom. The number of thioether (sulfide) groups is 1. The normalized spacial score (nSPS) is 27.5. The monoisotopic (exact) mass is 266 g/mol. The maximum Gasteiger partial charge on any atom is 0.402 e. The Morgan fingerprint density at radius 3 is 2.71 bits per heavy atom. The Balaban J connectivity index is 2.75. The molecule has 0 saturated carbocycles. The maximum atomic E-state index is 12.7. The summed E-state index contributed by atoms with van der Waals surface area (Å²) in [4.78, 5) is 10.7. The molecule has 1 heterocycles. The van der Waals surface area contributed by atoms with Crippen LogP contribution >= 0.6 is 11.8 Å². The van der Waals surface area contributed by atoms with Gasteiger partial charge in [-0.3, -0.25) is 0 Å². The lowest BCUT2D eigenvalue weighted by molar-refractivity contribution is -0.139. The fraction of sp³-hybridized carbons (Fsp3) is 0.700. The van der Waals surface area contributed by atoms with Crippen LogP contribution in [0.2, 0.25) is 0 Å². The zero-order valence-corrected chi connectivity index (χ0v) is 9.83. The standard InChI is InChI=1S/C10H13F3N2OS/c11-10(12,13)9-8(7-16)15-5-4-14-3-1-2-6-17-9/h7-9,14-15H,3-6H2. The van der Waals surface area contributed by atoms with Gasteiger partial charge in [-0.1, -0.05) is 11.8 Å². The summed E-state index contributed by atoms with van der Waals surface area (Å²) in [5.41, 5.74) is 0. The third-order valence-corrected chi connectivity index (χ3v) is 3.38. The van der Waals surface area contributed by atoms with E-state index in [2.05, 4.69) is 22.5 Å². The minimum Gasteiger partial charge on any atom is -0.305 e. The Hall–Kier alpha value is -0.710. The molecule has 3 nitrogen and oxygen atoms in total. The predicted octanol–water partition coefficient (Wildman–Crippen LogP) is 0.414. The quantitative estimate of drug-likeness (QED) is 0.533. The lowest BCUT2D eigenvalue weighted by atomic mass is 10.2. The molecule has 1 rings (SSSR count). The van der Waals surface area contributed by atoms with E-state index in [4.69, 9.17) is 0 Å². The minimum atomic E-state index is -4.41. The van der Waals surface area contributed by atoms with E-state index >= 15 is 0 Å². The molecule has 2 unspecified atom stereocenters. The van der Waals surface area contributed by atoms with Gasteiger partial charge in [0.25, 0.3) is 0 Å². The molecule has 96 valence electrons. The molecule has 0 bridgehead atoms. The molecule has 0 saturated heterocycles. The molecule has 17 heavy (non-hydrogen) atoms. The summed E-state index contributed by atoms with van der Waals surface area (Å²) in [7, 11) is 0. The second-order valence-electron chi connectivity index (χ2n) is 3.42. The van der Waals surface area contributed by atoms with Crippen LogP contribution in [-0.2, 0) is 4.79 Å². The summed E-state index contributed by atoms with van der Waals surface area (Å²) in [6.45, 7) is 1.23. The largest absolute Gasteiger partial charge is 0.402 e. The van der Waals surface area contributed by atoms with Crippen molar-refractivity contribution in [3.05, 3.63) is 0 Å². The second-order valence-corrected chi connectivity index (χ2v) is 4.55. The van der Waals surface area contributed by atoms with Gasteiger partial charge in [0.05, 0.1) is 18.3 Å². The molecule has 0 spiro atoms. The number of rotatable bonds is 1. The highest BCUT2D eigenvalue weighted by Crippen LogP contribution is 2.32. The summed E-state index contributed by atoms with van der Waals surface area (Å²) in [6, 6.07) is -1.22. The molecule has 0 radical (unpaired) electrons. The van der Waals surface area contributed by atoms with Gasteiger partial charge in [0, 0.05) is 13.1 Å². The highest BCUT2D eigenvalue weighted by molar-refractivity contribution is 8.00. The van der Waals surface area contributed by atoms with Crippen molar-refractivity contribution in [2.24, 2.45) is 0 Å². The summed E-state index contributed by atoms with van der Waals surface area (Å²) in [5, 5.41) is 3.79. The zero-order valence-electron chi connectivity index (χ0n) is 9.01. The van der Waals surface area contributed by atoms with Crippen LogP contribution in [0.15, 0.2) is 0 Å². The Kier molecular flexibility index (Phi) is 5.82. The fourth-order valence-electron chi connectivity index (χ4n) is 1.35. The Bertz CT molecular complexity index is 311. The van der Waals surface area contributed by atoms with Gasteiger partial charge in [-0.05, 0) is 0 Å². The average Bonchev–Trinajstić information content (AvgIpc) is 2.30. The van der Waals surface area contributed by atoms with E-state index in [0.29, 0.717) is 37.7 Å². The van der Waals surface area contributed by atoms with E-state index in [-0.39, 0.29) is 5.75 Å². The van der Waals surface area contributed by atoms with Crippen LogP contribution in [0, 0.1) is 11.8 Å². The third-order valence-electron chi connectivity index (χ3n) is 2.15. The van der Waals surface area contributed by atoms with Crippen LogP contribution in [0.4, 0.5) is 13.2 Å². The smallest absolute Gasteiger partial charge is 0.305 e. The number of aldehydes is 1. The average molecular weight is 266 g/mol. The molecule has 2 atom stereocenters. The molecule has 0 aromatic rings. The topological polar surface area (TPSA) is 41.1 Å². The number of nitrogens with one attached hydrogen (secondary N) is 2. The Labute approximate surface area is 102 Å². The van der Waals surface area contributed by atoms with Crippen molar-refractivity contribution < 1.29 is 18.0 Å². The van der Waals surface area contributed by atoms with Gasteiger partial charge in [0.1, 0.15) is 11.5 Å². The first-order chi connectivity index (χ1) is 8.05. The first-order valence-electron chi connectivity index (χ1n) is 5.09. The van der Waals surface area contributed by atoms with Crippen LogP contribution < -0.4 is 10.6 Å². The molecule has 2 N–H and O–H groups in total. The lowest BCUT2D eigenvalue weighted by Crippen LogP contribution is -2.48. The van der Waals surface area contributed by atoms with Crippen molar-refractivity contribution in [3.8, 4) is 11.8 Å². The fourth-order valence-corrected chi connectivity index (χ4v) is 2.27. The second kappa shape index (κ2) is 6.89. The van der Waals surface area contributed by atoms with Gasteiger partial charge in [0.15, 0.2) is 0 Å². The number of halogens is 3. The van der Waals surface area contributed by atoms with Gasteiger partial charge in [-0.25, -0.2) is 0 Å². The van der Waals surface area contributed by atoms with E-state index < -0.39 is 17.5 Å². The van der Waals surface area contributed by atoms with Gasteiger partial charge < -0.3 is 15.4 Å². The molecule has 0 aromatic carbocycles. The molecular formula is C10H13F3N2OS. The predicted molar refractivity (Wildman–Crippen MR) is 60.8 cm³/mol. The van der Waals surface area contributed by atoms with E-state index in [9.17, 15) is 18.0 Å². The molecule has 0 aromatic heterocycles. The number of hydrogen-bond donors (Lipinski definition) is 2. The minimum absolute atomic E-state index is 0.0673. The number of hydrogen-bond acceptors (Lipinski definition) is 4. The highest BCUT2D eigenvalue weighted by atomic mass is 32.2. The van der Waals surface area contributed by atoms with E-state index in [1.165, 1.54) is 0 Å². The van der Waals surface area contributed by atoms with Crippen molar-refractivity contribution in [3.63, 3.8) is 0 Å². The van der Waals surface area contributed by atoms with Crippen LogP contribution in [0.3, 0.4) is 0 Å². The van der Waals surface area contributed by atoms with Crippen LogP contribution in [0.5, 0.6) is 0 Å². The molecule has 0 amide bonds. The molecule has 1 aliphatic rings. The van der Waals surface area contributed by atoms with Crippen LogP contribution in [0.25, 0.3) is 0 Å². The van der Waals surface area contributed by atoms with Gasteiger partial charge >= 0.3 is 6.18 Å². The summed E-state index contributed by atoms with van der Waals surface area (Å²) >= 11 is 0.649. The molecule has 0 fully saturated rings. The highest BCUT2D eigenvalue weighted by Gasteiger charge is 2.44. The third kappa shape index (κ3) is 4.98. The number of carbonyl (C=O) groups excluding carboxylic acids is 1. The first kappa shape index (κ1) is 14.4. The molecular weight excluding hydrogens is 253 g/mol. The van der Waals surface area contributed by atoms with E-state index in [1.54, 1.807) is 0 Å². The maximum absolute atomic E-state index is 12.7. The summed E-state index contributed by atoms with van der Waals surface area (Å²) in [6.07, 6.45) is -4.09. The van der Waals surface area contributed by atoms with Crippen LogP contribution in [0.1, 0.15) is 0 Å². The molecule has 7 heteroatoms. The van der Waals surface area contributed by atoms with Gasteiger partial charge in [-0.2, -0.15) is 13.2 Å². The first-order valence-corrected chi connectivity index (χ1v) is 6.14. The van der Waals surface area contributed by atoms with Crippen molar-refractivity contribution in [2.75, 3.05) is 25.4 Å². The summed E-state index contributed by atoms with van der Waals surface area (Å²) in [5.74, 6) is 5.43. The Morgan fingerprint density at radius 2 is 2.06 bits per heavy atom. The van der Waals surface area contributed by atoms with Crippen molar-refractivity contribution in [2.45, 2.75) is 17.5 Å². The number of alkyl halides is 3. The van der Waals surface area contributed by atoms with Crippen molar-refractivity contribution >= 4 is 18.0 Å². The lowest BCUT2D eigenvalue weighted by Gasteiger charge is -2.25. The zero-order chi connectivity index (χ0) is 12.7. The molecule has 0 aliphatic carbocycles. The van der Waals surface area contributed by atoms with E-state index in [1.807, 2.05) is 0 Å². The van der Waals surface area contributed by atoms with Crippen molar-refractivity contribution in [1.29, 1.82) is 0 Å². The van der Waals surface area contributed by atoms with E-state index in [0.717, 1.165) is 0 Å². The van der Waals surface area contributed by atoms with Gasteiger partial charge in [0.2, 0.25) is 0 Å². The van der Waals surface area contributed by atoms with Gasteiger partial charge in [-0.15, -0.1) is 11.8 Å². The van der Waals surface area contributed by atoms with Crippen molar-refractivity contribution in [1.82, 2.24) is 10.6 Å². The number of carbonyl (C=O) groups is 1. The molecule has 1 aliphatic heterocycles. The summed E-state index contributed by atoms with van der Waals surface area (Å²) < 4.78 is 38.2. The SMILES string of the molecule is O=CC1NCCNCC#CCSC1C(F)(F)F. The van der Waals surface area contributed by atoms with Crippen LogP contribution in [-0.4, -0.2) is 49.1 Å².